The van der Waals surface area contributed by atoms with Crippen molar-refractivity contribution < 1.29 is 24.5 Å². The van der Waals surface area contributed by atoms with Crippen LogP contribution in [-0.2, 0) is 22.4 Å². The van der Waals surface area contributed by atoms with Crippen molar-refractivity contribution in [2.75, 3.05) is 18.0 Å². The minimum atomic E-state index is -1.26. The van der Waals surface area contributed by atoms with Gasteiger partial charge in [-0.25, -0.2) is 9.59 Å². The molecule has 1 atom stereocenters. The number of aryl methyl sites for hydroxylation is 1. The van der Waals surface area contributed by atoms with Gasteiger partial charge < -0.3 is 19.8 Å². The van der Waals surface area contributed by atoms with Gasteiger partial charge in [0.15, 0.2) is 0 Å². The highest BCUT2D eigenvalue weighted by atomic mass is 16.5. The van der Waals surface area contributed by atoms with Crippen LogP contribution in [0.3, 0.4) is 0 Å². The van der Waals surface area contributed by atoms with Crippen molar-refractivity contribution >= 4 is 28.5 Å². The summed E-state index contributed by atoms with van der Waals surface area (Å²) in [5.41, 5.74) is 5.31. The molecule has 0 radical (unpaired) electrons. The zero-order valence-corrected chi connectivity index (χ0v) is 17.4. The van der Waals surface area contributed by atoms with Gasteiger partial charge in [-0.15, -0.1) is 0 Å². The number of aromatic nitrogens is 1. The highest BCUT2D eigenvalue weighted by Gasteiger charge is 2.28. The van der Waals surface area contributed by atoms with Gasteiger partial charge in [0, 0.05) is 24.4 Å². The Balaban J connectivity index is 0.000000275. The molecule has 0 fully saturated rings. The Morgan fingerprint density at radius 2 is 1.87 bits per heavy atom. The van der Waals surface area contributed by atoms with E-state index < -0.39 is 11.9 Å². The highest BCUT2D eigenvalue weighted by Crippen LogP contribution is 2.42. The number of anilines is 1. The van der Waals surface area contributed by atoms with E-state index in [9.17, 15) is 9.59 Å². The van der Waals surface area contributed by atoms with Gasteiger partial charge >= 0.3 is 11.9 Å². The van der Waals surface area contributed by atoms with Gasteiger partial charge in [-0.3, -0.25) is 4.98 Å². The van der Waals surface area contributed by atoms with Gasteiger partial charge in [-0.1, -0.05) is 13.0 Å². The van der Waals surface area contributed by atoms with E-state index in [1.165, 1.54) is 35.2 Å². The zero-order chi connectivity index (χ0) is 21.7. The summed E-state index contributed by atoms with van der Waals surface area (Å²) in [6.45, 7) is 6.47. The molecule has 1 unspecified atom stereocenters. The monoisotopic (exact) mass is 412 g/mol. The van der Waals surface area contributed by atoms with Crippen molar-refractivity contribution in [2.24, 2.45) is 0 Å². The quantitative estimate of drug-likeness (QED) is 0.736. The van der Waals surface area contributed by atoms with Crippen LogP contribution in [0.25, 0.3) is 10.9 Å². The van der Waals surface area contributed by atoms with E-state index in [4.69, 9.17) is 19.9 Å². The maximum Gasteiger partial charge on any atom is 0.328 e. The Morgan fingerprint density at radius 3 is 2.50 bits per heavy atom. The molecule has 1 aliphatic heterocycles. The number of carbonyl (C=O) groups is 2. The van der Waals surface area contributed by atoms with E-state index in [2.05, 4.69) is 36.9 Å². The molecule has 2 aliphatic rings. The lowest BCUT2D eigenvalue weighted by atomic mass is 9.92. The van der Waals surface area contributed by atoms with Gasteiger partial charge in [-0.05, 0) is 56.7 Å². The molecule has 7 nitrogen and oxygen atoms in total. The lowest BCUT2D eigenvalue weighted by Gasteiger charge is -2.29. The van der Waals surface area contributed by atoms with Gasteiger partial charge in [-0.2, -0.15) is 0 Å². The SMILES string of the molecule is CCC1CN(CC)c2c3c(nc4cccc(c24)O1)CCCC3.O=C(O)/C=C/C(=O)O. The summed E-state index contributed by atoms with van der Waals surface area (Å²) in [4.78, 5) is 26.6. The van der Waals surface area contributed by atoms with E-state index in [0.29, 0.717) is 12.2 Å². The third kappa shape index (κ3) is 4.72. The average Bonchev–Trinajstić information content (AvgIpc) is 2.91. The van der Waals surface area contributed by atoms with Crippen molar-refractivity contribution in [3.63, 3.8) is 0 Å². The Morgan fingerprint density at radius 1 is 1.17 bits per heavy atom. The number of aliphatic carboxylic acids is 2. The van der Waals surface area contributed by atoms with Crippen LogP contribution in [0.5, 0.6) is 5.75 Å². The molecule has 1 aromatic carbocycles. The lowest BCUT2D eigenvalue weighted by molar-refractivity contribution is -0.134. The Bertz CT molecular complexity index is 954. The van der Waals surface area contributed by atoms with Crippen LogP contribution in [0.4, 0.5) is 5.69 Å². The predicted octanol–water partition coefficient (Wildman–Crippen LogP) is 3.82. The summed E-state index contributed by atoms with van der Waals surface area (Å²) < 4.78 is 6.32. The van der Waals surface area contributed by atoms with E-state index in [0.717, 1.165) is 43.6 Å². The fourth-order valence-electron chi connectivity index (χ4n) is 4.06. The molecule has 2 heterocycles. The average molecular weight is 412 g/mol. The van der Waals surface area contributed by atoms with Gasteiger partial charge in [0.2, 0.25) is 0 Å². The largest absolute Gasteiger partial charge is 0.488 e. The van der Waals surface area contributed by atoms with Gasteiger partial charge in [0.1, 0.15) is 11.9 Å². The second-order valence-electron chi connectivity index (χ2n) is 7.44. The van der Waals surface area contributed by atoms with Crippen LogP contribution in [0, 0.1) is 0 Å². The first kappa shape index (κ1) is 21.6. The normalized spacial score (nSPS) is 17.5. The number of carboxylic acids is 2. The summed E-state index contributed by atoms with van der Waals surface area (Å²) >= 11 is 0. The molecule has 2 aromatic rings. The Labute approximate surface area is 176 Å². The second kappa shape index (κ2) is 9.61. The number of rotatable bonds is 4. The van der Waals surface area contributed by atoms with E-state index in [1.54, 1.807) is 0 Å². The first-order valence-corrected chi connectivity index (χ1v) is 10.4. The summed E-state index contributed by atoms with van der Waals surface area (Å²) in [5, 5.41) is 16.9. The first-order chi connectivity index (χ1) is 14.4. The number of pyridine rings is 1. The Hall–Kier alpha value is -3.09. The molecule has 0 spiro atoms. The lowest BCUT2D eigenvalue weighted by Crippen LogP contribution is -2.34. The maximum absolute atomic E-state index is 9.55. The second-order valence-corrected chi connectivity index (χ2v) is 7.44. The van der Waals surface area contributed by atoms with Crippen molar-refractivity contribution in [3.8, 4) is 5.75 Å². The molecule has 4 rings (SSSR count). The molecule has 2 N–H and O–H groups in total. The third-order valence-corrected chi connectivity index (χ3v) is 5.46. The summed E-state index contributed by atoms with van der Waals surface area (Å²) in [6, 6.07) is 6.34. The van der Waals surface area contributed by atoms with Crippen molar-refractivity contribution in [3.05, 3.63) is 41.6 Å². The van der Waals surface area contributed by atoms with Gasteiger partial charge in [0.25, 0.3) is 0 Å². The van der Waals surface area contributed by atoms with Crippen molar-refractivity contribution in [1.29, 1.82) is 0 Å². The van der Waals surface area contributed by atoms with Crippen molar-refractivity contribution in [2.45, 2.75) is 52.1 Å². The van der Waals surface area contributed by atoms with Crippen LogP contribution >= 0.6 is 0 Å². The number of hydrogen-bond acceptors (Lipinski definition) is 5. The number of carboxylic acid groups (broad SMARTS) is 2. The topological polar surface area (TPSA) is 100.0 Å². The first-order valence-electron chi connectivity index (χ1n) is 10.4. The smallest absolute Gasteiger partial charge is 0.328 e. The van der Waals surface area contributed by atoms with Crippen LogP contribution in [0.1, 0.15) is 44.4 Å². The molecule has 1 aromatic heterocycles. The fraction of sp³-hybridized carbons (Fsp3) is 0.435. The predicted molar refractivity (Wildman–Crippen MR) is 115 cm³/mol. The van der Waals surface area contributed by atoms with E-state index >= 15 is 0 Å². The fourth-order valence-corrected chi connectivity index (χ4v) is 4.06. The molecule has 30 heavy (non-hydrogen) atoms. The molecule has 160 valence electrons. The molecule has 0 amide bonds. The molecular formula is C23H28N2O5. The van der Waals surface area contributed by atoms with Crippen LogP contribution in [0.2, 0.25) is 0 Å². The number of ether oxygens (including phenoxy) is 1. The number of hydrogen-bond donors (Lipinski definition) is 2. The minimum absolute atomic E-state index is 0.261. The summed E-state index contributed by atoms with van der Waals surface area (Å²) in [5.74, 6) is -1.49. The molecule has 0 bridgehead atoms. The molecule has 0 saturated carbocycles. The molecule has 0 saturated heterocycles. The summed E-state index contributed by atoms with van der Waals surface area (Å²) in [7, 11) is 0. The van der Waals surface area contributed by atoms with Gasteiger partial charge in [0.05, 0.1) is 23.1 Å². The number of likely N-dealkylation sites (N-methyl/N-ethyl adjacent to an activating group) is 1. The van der Waals surface area contributed by atoms with E-state index in [1.807, 2.05) is 0 Å². The third-order valence-electron chi connectivity index (χ3n) is 5.46. The Kier molecular flexibility index (Phi) is 6.92. The number of benzene rings is 1. The molecule has 7 heteroatoms. The van der Waals surface area contributed by atoms with Crippen LogP contribution < -0.4 is 9.64 Å². The maximum atomic E-state index is 9.55. The summed E-state index contributed by atoms with van der Waals surface area (Å²) in [6.07, 6.45) is 7.25. The van der Waals surface area contributed by atoms with Crippen molar-refractivity contribution in [1.82, 2.24) is 4.98 Å². The molecule has 1 aliphatic carbocycles. The zero-order valence-electron chi connectivity index (χ0n) is 17.4. The van der Waals surface area contributed by atoms with Crippen LogP contribution in [-0.4, -0.2) is 46.3 Å². The van der Waals surface area contributed by atoms with Crippen LogP contribution in [0.15, 0.2) is 30.4 Å². The highest BCUT2D eigenvalue weighted by molar-refractivity contribution is 5.99. The number of fused-ring (bicyclic) bond motifs is 2. The van der Waals surface area contributed by atoms with E-state index in [-0.39, 0.29) is 6.10 Å². The standard InChI is InChI=1S/C19H24N2O.C4H4O4/c1-3-13-12-21(4-2)19-14-8-5-6-9-15(14)20-16-10-7-11-17(22-13)18(16)19;5-3(6)1-2-4(7)8/h7,10-11,13H,3-6,8-9,12H2,1-2H3;1-2H,(H,5,6)(H,7,8)/b;2-1+. The number of nitrogens with zero attached hydrogens (tertiary/aromatic N) is 2. The minimum Gasteiger partial charge on any atom is -0.488 e. The molecular weight excluding hydrogens is 384 g/mol.